The Morgan fingerprint density at radius 2 is 1.79 bits per heavy atom. The summed E-state index contributed by atoms with van der Waals surface area (Å²) in [6, 6.07) is 4.91. The van der Waals surface area contributed by atoms with Crippen molar-refractivity contribution in [2.24, 2.45) is 13.0 Å². The molecule has 0 unspecified atom stereocenters. The normalized spacial score (nSPS) is 18.1. The third-order valence-corrected chi connectivity index (χ3v) is 7.72. The summed E-state index contributed by atoms with van der Waals surface area (Å²) >= 11 is 0. The molecule has 2 aliphatic heterocycles. The van der Waals surface area contributed by atoms with Crippen LogP contribution in [0.25, 0.3) is 10.9 Å². The molecule has 9 nitrogen and oxygen atoms in total. The average Bonchev–Trinajstić information content (AvgIpc) is 2.95. The van der Waals surface area contributed by atoms with Gasteiger partial charge in [0.2, 0.25) is 5.91 Å². The van der Waals surface area contributed by atoms with Crippen molar-refractivity contribution in [2.45, 2.75) is 51.0 Å². The van der Waals surface area contributed by atoms with Crippen LogP contribution < -0.4 is 10.9 Å². The van der Waals surface area contributed by atoms with Gasteiger partial charge in [-0.15, -0.1) is 5.10 Å². The zero-order chi connectivity index (χ0) is 27.7. The number of aryl methyl sites for hydroxylation is 1. The smallest absolute Gasteiger partial charge is 0.295 e. The van der Waals surface area contributed by atoms with Crippen LogP contribution in [-0.4, -0.2) is 57.1 Å². The van der Waals surface area contributed by atoms with E-state index in [2.05, 4.69) is 20.6 Å². The minimum absolute atomic E-state index is 0.0138. The molecule has 208 valence electrons. The number of hydrogen-bond acceptors (Lipinski definition) is 7. The van der Waals surface area contributed by atoms with E-state index < -0.39 is 29.4 Å². The van der Waals surface area contributed by atoms with Gasteiger partial charge in [-0.25, -0.2) is 17.9 Å². The molecule has 0 aliphatic carbocycles. The van der Waals surface area contributed by atoms with Crippen molar-refractivity contribution in [3.05, 3.63) is 57.3 Å². The summed E-state index contributed by atoms with van der Waals surface area (Å²) in [6.07, 6.45) is -0.0240. The fourth-order valence-corrected chi connectivity index (χ4v) is 5.41. The number of rotatable bonds is 6. The molecule has 39 heavy (non-hydrogen) atoms. The minimum Gasteiger partial charge on any atom is -0.381 e. The van der Waals surface area contributed by atoms with E-state index in [0.717, 1.165) is 23.6 Å². The summed E-state index contributed by atoms with van der Waals surface area (Å²) in [4.78, 5) is 27.6. The molecule has 0 saturated carbocycles. The lowest BCUT2D eigenvalue weighted by molar-refractivity contribution is -0.139. The summed E-state index contributed by atoms with van der Waals surface area (Å²) in [5.41, 5.74) is -0.281. The second kappa shape index (κ2) is 11.3. The average molecular weight is 545 g/mol. The Balaban J connectivity index is 1.38. The Morgan fingerprint density at radius 1 is 1.10 bits per heavy atom. The molecule has 3 aromatic rings. The number of fused-ring (bicyclic) bond motifs is 1. The number of alkyl halides is 2. The lowest BCUT2D eigenvalue weighted by atomic mass is 9.91. The van der Waals surface area contributed by atoms with Crippen LogP contribution in [0.15, 0.2) is 29.1 Å². The Bertz CT molecular complexity index is 1420. The van der Waals surface area contributed by atoms with Gasteiger partial charge in [0, 0.05) is 50.8 Å². The van der Waals surface area contributed by atoms with Gasteiger partial charge in [-0.1, -0.05) is 18.2 Å². The van der Waals surface area contributed by atoms with E-state index in [1.807, 2.05) is 4.90 Å². The number of aromatic nitrogens is 4. The summed E-state index contributed by atoms with van der Waals surface area (Å²) < 4.78 is 47.7. The van der Waals surface area contributed by atoms with Crippen molar-refractivity contribution in [1.82, 2.24) is 24.9 Å². The van der Waals surface area contributed by atoms with Gasteiger partial charge in [-0.2, -0.15) is 10.2 Å². The lowest BCUT2D eigenvalue weighted by Gasteiger charge is -2.35. The van der Waals surface area contributed by atoms with Crippen molar-refractivity contribution >= 4 is 22.6 Å². The lowest BCUT2D eigenvalue weighted by Crippen LogP contribution is -2.42. The molecule has 0 radical (unpaired) electrons. The van der Waals surface area contributed by atoms with E-state index in [0.29, 0.717) is 50.2 Å². The van der Waals surface area contributed by atoms with Crippen molar-refractivity contribution in [3.8, 4) is 0 Å². The maximum absolute atomic E-state index is 14.8. The van der Waals surface area contributed by atoms with Crippen molar-refractivity contribution in [2.75, 3.05) is 31.6 Å². The van der Waals surface area contributed by atoms with Gasteiger partial charge in [-0.3, -0.25) is 9.59 Å². The van der Waals surface area contributed by atoms with Gasteiger partial charge in [0.05, 0.1) is 22.7 Å². The Kier molecular flexibility index (Phi) is 7.83. The summed E-state index contributed by atoms with van der Waals surface area (Å²) in [5, 5.41) is 16.4. The van der Waals surface area contributed by atoms with E-state index in [1.165, 1.54) is 19.2 Å². The third kappa shape index (κ3) is 5.47. The first-order chi connectivity index (χ1) is 18.7. The number of carbonyl (C=O) groups excluding carboxylic acids is 1. The van der Waals surface area contributed by atoms with Crippen LogP contribution in [-0.2, 0) is 16.6 Å². The molecule has 1 aromatic carbocycles. The Hall–Kier alpha value is -3.54. The molecule has 1 amide bonds. The van der Waals surface area contributed by atoms with Crippen molar-refractivity contribution in [3.63, 3.8) is 0 Å². The summed E-state index contributed by atoms with van der Waals surface area (Å²) in [7, 11) is 1.47. The number of anilines is 1. The monoisotopic (exact) mass is 544 g/mol. The highest BCUT2D eigenvalue weighted by molar-refractivity contribution is 5.88. The number of halogens is 3. The van der Waals surface area contributed by atoms with Gasteiger partial charge >= 0.3 is 0 Å². The molecule has 0 bridgehead atoms. The topological polar surface area (TPSA) is 102 Å². The number of amides is 1. The molecular formula is C27H31F3N6O3. The molecule has 1 atom stereocenters. The highest BCUT2D eigenvalue weighted by Crippen LogP contribution is 2.32. The first-order valence-electron chi connectivity index (χ1n) is 13.2. The number of ether oxygens (including phenoxy) is 1. The molecule has 2 aromatic heterocycles. The predicted octanol–water partition coefficient (Wildman–Crippen LogP) is 4.11. The predicted molar refractivity (Wildman–Crippen MR) is 138 cm³/mol. The van der Waals surface area contributed by atoms with E-state index in [-0.39, 0.29) is 34.6 Å². The highest BCUT2D eigenvalue weighted by Gasteiger charge is 2.31. The Morgan fingerprint density at radius 3 is 2.49 bits per heavy atom. The molecule has 2 saturated heterocycles. The van der Waals surface area contributed by atoms with Gasteiger partial charge in [0.15, 0.2) is 11.3 Å². The SMILES string of the molecule is C[C@@H](Nc1nn(C)c(=O)c2nnc(C3CCN(C(=O)C4CCOCC4)CC3)cc12)c1cccc(C(F)F)c1F. The van der Waals surface area contributed by atoms with Crippen LogP contribution >= 0.6 is 0 Å². The van der Waals surface area contributed by atoms with Gasteiger partial charge in [-0.05, 0) is 38.7 Å². The van der Waals surface area contributed by atoms with Gasteiger partial charge in [0.1, 0.15) is 5.82 Å². The maximum atomic E-state index is 14.8. The van der Waals surface area contributed by atoms with Crippen LogP contribution in [0, 0.1) is 11.7 Å². The summed E-state index contributed by atoms with van der Waals surface area (Å²) in [5.74, 6) is -0.485. The molecule has 4 heterocycles. The van der Waals surface area contributed by atoms with E-state index in [9.17, 15) is 22.8 Å². The van der Waals surface area contributed by atoms with Gasteiger partial charge < -0.3 is 15.0 Å². The largest absolute Gasteiger partial charge is 0.381 e. The quantitative estimate of drug-likeness (QED) is 0.498. The fraction of sp³-hybridized carbons (Fsp3) is 0.519. The van der Waals surface area contributed by atoms with E-state index in [4.69, 9.17) is 4.74 Å². The van der Waals surface area contributed by atoms with Crippen LogP contribution in [0.1, 0.15) is 67.8 Å². The molecule has 2 fully saturated rings. The number of piperidine rings is 1. The molecule has 2 aliphatic rings. The zero-order valence-corrected chi connectivity index (χ0v) is 21.9. The molecule has 5 rings (SSSR count). The first-order valence-corrected chi connectivity index (χ1v) is 13.2. The molecule has 12 heteroatoms. The summed E-state index contributed by atoms with van der Waals surface area (Å²) in [6.45, 7) is 4.08. The van der Waals surface area contributed by atoms with Crippen LogP contribution in [0.5, 0.6) is 0 Å². The molecular weight excluding hydrogens is 513 g/mol. The van der Waals surface area contributed by atoms with Crippen molar-refractivity contribution in [1.29, 1.82) is 0 Å². The zero-order valence-electron chi connectivity index (χ0n) is 21.9. The van der Waals surface area contributed by atoms with Crippen LogP contribution in [0.2, 0.25) is 0 Å². The molecule has 1 N–H and O–H groups in total. The number of carbonyl (C=O) groups is 1. The van der Waals surface area contributed by atoms with Crippen molar-refractivity contribution < 1.29 is 22.7 Å². The second-order valence-electron chi connectivity index (χ2n) is 10.2. The minimum atomic E-state index is -2.94. The second-order valence-corrected chi connectivity index (χ2v) is 10.2. The number of nitrogens with one attached hydrogen (secondary N) is 1. The maximum Gasteiger partial charge on any atom is 0.295 e. The fourth-order valence-electron chi connectivity index (χ4n) is 5.41. The van der Waals surface area contributed by atoms with E-state index in [1.54, 1.807) is 13.0 Å². The first kappa shape index (κ1) is 27.0. The Labute approximate surface area is 223 Å². The number of benzene rings is 1. The number of hydrogen-bond donors (Lipinski definition) is 1. The number of likely N-dealkylation sites (tertiary alicyclic amines) is 1. The van der Waals surface area contributed by atoms with Gasteiger partial charge in [0.25, 0.3) is 12.0 Å². The standard InChI is InChI=1S/C27H31F3N6O3/c1-15(18-4-3-5-19(22(18)28)24(29)30)31-25-20-14-21(32-33-23(20)27(38)35(2)34-25)16-6-10-36(11-7-16)26(37)17-8-12-39-13-9-17/h3-5,14-17,24H,6-13H2,1-2H3,(H,31,34)/t15-/m1/s1. The number of nitrogens with zero attached hydrogens (tertiary/aromatic N) is 5. The highest BCUT2D eigenvalue weighted by atomic mass is 19.3. The third-order valence-electron chi connectivity index (χ3n) is 7.72. The molecule has 0 spiro atoms. The van der Waals surface area contributed by atoms with Crippen LogP contribution in [0.3, 0.4) is 0 Å². The van der Waals surface area contributed by atoms with Crippen LogP contribution in [0.4, 0.5) is 19.0 Å². The van der Waals surface area contributed by atoms with E-state index >= 15 is 0 Å².